The third-order valence-electron chi connectivity index (χ3n) is 5.31. The Kier molecular flexibility index (Phi) is 3.77. The fraction of sp³-hybridized carbons (Fsp3) is 0. The molecule has 134 valence electrons. The molecule has 0 aliphatic carbocycles. The van der Waals surface area contributed by atoms with Crippen LogP contribution in [-0.2, 0) is 0 Å². The first-order valence-electron chi connectivity index (χ1n) is 9.37. The summed E-state index contributed by atoms with van der Waals surface area (Å²) in [7, 11) is 0. The van der Waals surface area contributed by atoms with Gasteiger partial charge in [-0.15, -0.1) is 0 Å². The Morgan fingerprint density at radius 2 is 1.11 bits per heavy atom. The number of benzene rings is 5. The highest BCUT2D eigenvalue weighted by Crippen LogP contribution is 2.41. The molecule has 5 aromatic carbocycles. The van der Waals surface area contributed by atoms with Gasteiger partial charge in [0.05, 0.1) is 0 Å². The number of rotatable bonds is 2. The molecule has 0 fully saturated rings. The quantitative estimate of drug-likeness (QED) is 0.279. The maximum Gasteiger partial charge on any atom is 0.0314 e. The number of nitrogens with two attached hydrogens (primary N) is 2. The molecule has 2 nitrogen and oxygen atoms in total. The van der Waals surface area contributed by atoms with Crippen LogP contribution in [0.4, 0.5) is 11.4 Å². The molecule has 5 aromatic rings. The van der Waals surface area contributed by atoms with E-state index in [0.717, 1.165) is 16.9 Å². The standard InChI is InChI=1S/C26H20N2/c27-21-12-8-17(9-13-21)23-7-3-5-20-16-19-4-1-2-6-24(19)25(26(20)23)18-10-14-22(28)15-11-18/h1-16H,27-28H2. The number of hydrogen-bond acceptors (Lipinski definition) is 2. The normalized spacial score (nSPS) is 11.1. The molecule has 0 spiro atoms. The first kappa shape index (κ1) is 16.4. The minimum Gasteiger partial charge on any atom is -0.399 e. The van der Waals surface area contributed by atoms with Gasteiger partial charge in [0.1, 0.15) is 0 Å². The molecule has 2 heteroatoms. The lowest BCUT2D eigenvalue weighted by Gasteiger charge is -2.16. The van der Waals surface area contributed by atoms with Crippen LogP contribution in [0.5, 0.6) is 0 Å². The Balaban J connectivity index is 1.95. The summed E-state index contributed by atoms with van der Waals surface area (Å²) < 4.78 is 0. The molecule has 0 aliphatic heterocycles. The Morgan fingerprint density at radius 1 is 0.500 bits per heavy atom. The summed E-state index contributed by atoms with van der Waals surface area (Å²) in [6, 6.07) is 33.6. The van der Waals surface area contributed by atoms with Gasteiger partial charge in [-0.2, -0.15) is 0 Å². The molecule has 0 bridgehead atoms. The van der Waals surface area contributed by atoms with Crippen LogP contribution in [0.25, 0.3) is 43.8 Å². The minimum atomic E-state index is 0.770. The summed E-state index contributed by atoms with van der Waals surface area (Å²) in [5.74, 6) is 0. The second-order valence-corrected chi connectivity index (χ2v) is 7.12. The summed E-state index contributed by atoms with van der Waals surface area (Å²) in [4.78, 5) is 0. The SMILES string of the molecule is Nc1ccc(-c2cccc3cc4ccccc4c(-c4ccc(N)cc4)c23)cc1. The smallest absolute Gasteiger partial charge is 0.0314 e. The Bertz CT molecular complexity index is 1300. The number of fused-ring (bicyclic) bond motifs is 2. The van der Waals surface area contributed by atoms with Gasteiger partial charge in [-0.3, -0.25) is 0 Å². The van der Waals surface area contributed by atoms with Gasteiger partial charge in [0.15, 0.2) is 0 Å². The monoisotopic (exact) mass is 360 g/mol. The molecule has 0 aliphatic rings. The van der Waals surface area contributed by atoms with Crippen molar-refractivity contribution in [2.45, 2.75) is 0 Å². The zero-order valence-electron chi connectivity index (χ0n) is 15.4. The third kappa shape index (κ3) is 2.67. The molecule has 0 aromatic heterocycles. The van der Waals surface area contributed by atoms with Crippen LogP contribution in [0.15, 0.2) is 97.1 Å². The van der Waals surface area contributed by atoms with E-state index >= 15 is 0 Å². The predicted octanol–water partition coefficient (Wildman–Crippen LogP) is 6.49. The van der Waals surface area contributed by atoms with Crippen LogP contribution >= 0.6 is 0 Å². The molecule has 0 saturated carbocycles. The highest BCUT2D eigenvalue weighted by Gasteiger charge is 2.14. The van der Waals surface area contributed by atoms with E-state index in [-0.39, 0.29) is 0 Å². The maximum absolute atomic E-state index is 5.95. The van der Waals surface area contributed by atoms with Gasteiger partial charge < -0.3 is 11.5 Å². The lowest BCUT2D eigenvalue weighted by molar-refractivity contribution is 1.63. The van der Waals surface area contributed by atoms with Crippen LogP contribution in [-0.4, -0.2) is 0 Å². The van der Waals surface area contributed by atoms with E-state index in [2.05, 4.69) is 72.8 Å². The van der Waals surface area contributed by atoms with Gasteiger partial charge in [-0.1, -0.05) is 66.7 Å². The number of hydrogen-bond donors (Lipinski definition) is 2. The lowest BCUT2D eigenvalue weighted by atomic mass is 9.87. The van der Waals surface area contributed by atoms with E-state index in [9.17, 15) is 0 Å². The number of nitrogen functional groups attached to an aromatic ring is 2. The first-order valence-corrected chi connectivity index (χ1v) is 9.37. The zero-order valence-corrected chi connectivity index (χ0v) is 15.4. The minimum absolute atomic E-state index is 0.770. The lowest BCUT2D eigenvalue weighted by Crippen LogP contribution is -1.91. The highest BCUT2D eigenvalue weighted by atomic mass is 14.5. The zero-order chi connectivity index (χ0) is 19.1. The molecule has 0 unspecified atom stereocenters. The summed E-state index contributed by atoms with van der Waals surface area (Å²) in [6.07, 6.45) is 0. The van der Waals surface area contributed by atoms with Crippen molar-refractivity contribution in [1.82, 2.24) is 0 Å². The fourth-order valence-electron chi connectivity index (χ4n) is 3.98. The molecule has 5 rings (SSSR count). The summed E-state index contributed by atoms with van der Waals surface area (Å²) >= 11 is 0. The number of anilines is 2. The van der Waals surface area contributed by atoms with E-state index in [1.54, 1.807) is 0 Å². The second kappa shape index (κ2) is 6.43. The Hall–Kier alpha value is -3.78. The van der Waals surface area contributed by atoms with Gasteiger partial charge in [0.2, 0.25) is 0 Å². The van der Waals surface area contributed by atoms with Crippen LogP contribution in [0.1, 0.15) is 0 Å². The topological polar surface area (TPSA) is 52.0 Å². The molecule has 4 N–H and O–H groups in total. The molecule has 0 heterocycles. The summed E-state index contributed by atoms with van der Waals surface area (Å²) in [5, 5.41) is 4.94. The molecular weight excluding hydrogens is 340 g/mol. The van der Waals surface area contributed by atoms with E-state index < -0.39 is 0 Å². The molecule has 0 radical (unpaired) electrons. The van der Waals surface area contributed by atoms with Crippen molar-refractivity contribution in [3.63, 3.8) is 0 Å². The summed E-state index contributed by atoms with van der Waals surface area (Å²) in [5.41, 5.74) is 18.2. The van der Waals surface area contributed by atoms with Crippen LogP contribution in [0, 0.1) is 0 Å². The van der Waals surface area contributed by atoms with Crippen LogP contribution < -0.4 is 11.5 Å². The van der Waals surface area contributed by atoms with Crippen molar-refractivity contribution < 1.29 is 0 Å². The maximum atomic E-state index is 5.95. The van der Waals surface area contributed by atoms with Crippen molar-refractivity contribution in [1.29, 1.82) is 0 Å². The molecular formula is C26H20N2. The van der Waals surface area contributed by atoms with Crippen molar-refractivity contribution >= 4 is 32.9 Å². The second-order valence-electron chi connectivity index (χ2n) is 7.12. The average Bonchev–Trinajstić information content (AvgIpc) is 2.73. The van der Waals surface area contributed by atoms with Gasteiger partial charge in [0, 0.05) is 11.4 Å². The van der Waals surface area contributed by atoms with Crippen molar-refractivity contribution in [3.05, 3.63) is 97.1 Å². The summed E-state index contributed by atoms with van der Waals surface area (Å²) in [6.45, 7) is 0. The van der Waals surface area contributed by atoms with Crippen molar-refractivity contribution in [2.24, 2.45) is 0 Å². The molecule has 28 heavy (non-hydrogen) atoms. The largest absolute Gasteiger partial charge is 0.399 e. The fourth-order valence-corrected chi connectivity index (χ4v) is 3.98. The predicted molar refractivity (Wildman–Crippen MR) is 121 cm³/mol. The van der Waals surface area contributed by atoms with E-state index in [1.165, 1.54) is 38.2 Å². The highest BCUT2D eigenvalue weighted by molar-refractivity contribution is 6.17. The van der Waals surface area contributed by atoms with Crippen molar-refractivity contribution in [3.8, 4) is 22.3 Å². The third-order valence-corrected chi connectivity index (χ3v) is 5.31. The average molecular weight is 360 g/mol. The van der Waals surface area contributed by atoms with Gasteiger partial charge in [-0.05, 0) is 74.1 Å². The van der Waals surface area contributed by atoms with Gasteiger partial charge in [-0.25, -0.2) is 0 Å². The van der Waals surface area contributed by atoms with E-state index in [4.69, 9.17) is 11.5 Å². The molecule has 0 amide bonds. The molecule has 0 saturated heterocycles. The van der Waals surface area contributed by atoms with Crippen LogP contribution in [0.3, 0.4) is 0 Å². The molecule has 0 atom stereocenters. The van der Waals surface area contributed by atoms with Crippen molar-refractivity contribution in [2.75, 3.05) is 11.5 Å². The van der Waals surface area contributed by atoms with Gasteiger partial charge >= 0.3 is 0 Å². The van der Waals surface area contributed by atoms with Gasteiger partial charge in [0.25, 0.3) is 0 Å². The first-order chi connectivity index (χ1) is 13.7. The van der Waals surface area contributed by atoms with E-state index in [0.29, 0.717) is 0 Å². The Labute approximate surface area is 164 Å². The Morgan fingerprint density at radius 3 is 1.82 bits per heavy atom. The van der Waals surface area contributed by atoms with E-state index in [1.807, 2.05) is 24.3 Å². The van der Waals surface area contributed by atoms with Crippen LogP contribution in [0.2, 0.25) is 0 Å².